The zero-order chi connectivity index (χ0) is 15.4. The number of benzene rings is 2. The molecule has 0 spiro atoms. The third kappa shape index (κ3) is 2.85. The molecule has 21 heavy (non-hydrogen) atoms. The van der Waals surface area contributed by atoms with E-state index in [2.05, 4.69) is 0 Å². The molecule has 2 aromatic carbocycles. The molecule has 0 N–H and O–H groups in total. The van der Waals surface area contributed by atoms with Crippen molar-refractivity contribution in [2.24, 2.45) is 0 Å². The predicted molar refractivity (Wildman–Crippen MR) is 71.7 cm³/mol. The van der Waals surface area contributed by atoms with E-state index in [4.69, 9.17) is 5.26 Å². The first-order valence-corrected chi connectivity index (χ1v) is 5.90. The van der Waals surface area contributed by atoms with Crippen molar-refractivity contribution in [1.82, 2.24) is 0 Å². The number of nitro groups is 1. The molecule has 2 aromatic rings. The van der Waals surface area contributed by atoms with Gasteiger partial charge in [-0.15, -0.1) is 0 Å². The Balaban J connectivity index is 2.53. The van der Waals surface area contributed by atoms with Gasteiger partial charge in [-0.3, -0.25) is 10.1 Å². The van der Waals surface area contributed by atoms with Gasteiger partial charge in [0.05, 0.1) is 28.5 Å². The lowest BCUT2D eigenvalue weighted by Crippen LogP contribution is -2.02. The van der Waals surface area contributed by atoms with Crippen LogP contribution in [0.15, 0.2) is 42.5 Å². The van der Waals surface area contributed by atoms with Gasteiger partial charge < -0.3 is 0 Å². The Labute approximate surface area is 119 Å². The van der Waals surface area contributed by atoms with Crippen LogP contribution < -0.4 is 0 Å². The highest BCUT2D eigenvalue weighted by Gasteiger charge is 2.20. The van der Waals surface area contributed by atoms with Crippen LogP contribution in [0.2, 0.25) is 0 Å². The van der Waals surface area contributed by atoms with Crippen LogP contribution in [0.3, 0.4) is 0 Å². The SMILES string of the molecule is N#Cc1cc([N+](=O)[O-])ccc1C(C#N)c1ccc(F)cc1. The van der Waals surface area contributed by atoms with Crippen LogP contribution in [0.1, 0.15) is 22.6 Å². The normalized spacial score (nSPS) is 11.2. The van der Waals surface area contributed by atoms with E-state index < -0.39 is 16.7 Å². The van der Waals surface area contributed by atoms with Gasteiger partial charge in [-0.2, -0.15) is 10.5 Å². The number of rotatable bonds is 3. The summed E-state index contributed by atoms with van der Waals surface area (Å²) in [4.78, 5) is 10.1. The van der Waals surface area contributed by atoms with Gasteiger partial charge in [0.2, 0.25) is 0 Å². The molecule has 0 fully saturated rings. The molecular formula is C15H8FN3O2. The van der Waals surface area contributed by atoms with E-state index in [-0.39, 0.29) is 11.3 Å². The lowest BCUT2D eigenvalue weighted by atomic mass is 9.89. The second-order valence-corrected chi connectivity index (χ2v) is 4.25. The highest BCUT2D eigenvalue weighted by Crippen LogP contribution is 2.29. The number of nitriles is 2. The number of nitrogens with zero attached hydrogens (tertiary/aromatic N) is 3. The van der Waals surface area contributed by atoms with Gasteiger partial charge in [0.1, 0.15) is 5.82 Å². The largest absolute Gasteiger partial charge is 0.270 e. The lowest BCUT2D eigenvalue weighted by molar-refractivity contribution is -0.384. The van der Waals surface area contributed by atoms with Gasteiger partial charge in [-0.25, -0.2) is 4.39 Å². The quantitative estimate of drug-likeness (QED) is 0.637. The molecule has 0 bridgehead atoms. The van der Waals surface area contributed by atoms with Crippen LogP contribution in [-0.2, 0) is 0 Å². The van der Waals surface area contributed by atoms with Crippen molar-refractivity contribution in [1.29, 1.82) is 10.5 Å². The minimum absolute atomic E-state index is 0.0556. The van der Waals surface area contributed by atoms with Gasteiger partial charge in [-0.05, 0) is 29.3 Å². The third-order valence-electron chi connectivity index (χ3n) is 3.01. The lowest BCUT2D eigenvalue weighted by Gasteiger charge is -2.11. The first kappa shape index (κ1) is 14.2. The molecule has 102 valence electrons. The van der Waals surface area contributed by atoms with Crippen molar-refractivity contribution in [3.63, 3.8) is 0 Å². The molecule has 0 saturated carbocycles. The summed E-state index contributed by atoms with van der Waals surface area (Å²) in [6.45, 7) is 0. The molecule has 0 heterocycles. The zero-order valence-corrected chi connectivity index (χ0v) is 10.7. The van der Waals surface area contributed by atoms with Crippen LogP contribution in [0.5, 0.6) is 0 Å². The average molecular weight is 281 g/mol. The molecule has 0 aliphatic carbocycles. The molecule has 0 aromatic heterocycles. The summed E-state index contributed by atoms with van der Waals surface area (Å²) < 4.78 is 12.9. The molecule has 0 aliphatic heterocycles. The Hall–Kier alpha value is -3.25. The maximum atomic E-state index is 12.9. The van der Waals surface area contributed by atoms with Crippen molar-refractivity contribution in [3.8, 4) is 12.1 Å². The van der Waals surface area contributed by atoms with Gasteiger partial charge in [-0.1, -0.05) is 12.1 Å². The van der Waals surface area contributed by atoms with Crippen molar-refractivity contribution in [3.05, 3.63) is 75.1 Å². The minimum atomic E-state index is -0.791. The van der Waals surface area contributed by atoms with E-state index in [1.165, 1.54) is 36.4 Å². The fourth-order valence-corrected chi connectivity index (χ4v) is 1.99. The maximum absolute atomic E-state index is 12.9. The highest BCUT2D eigenvalue weighted by atomic mass is 19.1. The maximum Gasteiger partial charge on any atom is 0.270 e. The van der Waals surface area contributed by atoms with E-state index in [0.29, 0.717) is 11.1 Å². The highest BCUT2D eigenvalue weighted by molar-refractivity contribution is 5.52. The average Bonchev–Trinajstić information content (AvgIpc) is 2.50. The van der Waals surface area contributed by atoms with Crippen molar-refractivity contribution < 1.29 is 9.31 Å². The monoisotopic (exact) mass is 281 g/mol. The second-order valence-electron chi connectivity index (χ2n) is 4.25. The van der Waals surface area contributed by atoms with Gasteiger partial charge in [0, 0.05) is 12.1 Å². The summed E-state index contributed by atoms with van der Waals surface area (Å²) in [5.41, 5.74) is 0.715. The van der Waals surface area contributed by atoms with E-state index in [9.17, 15) is 19.8 Å². The van der Waals surface area contributed by atoms with E-state index in [1.807, 2.05) is 12.1 Å². The number of nitro benzene ring substituents is 1. The third-order valence-corrected chi connectivity index (χ3v) is 3.01. The molecular weight excluding hydrogens is 273 g/mol. The van der Waals surface area contributed by atoms with E-state index in [1.54, 1.807) is 0 Å². The molecule has 1 atom stereocenters. The van der Waals surface area contributed by atoms with Gasteiger partial charge >= 0.3 is 0 Å². The number of hydrogen-bond acceptors (Lipinski definition) is 4. The fourth-order valence-electron chi connectivity index (χ4n) is 1.99. The molecule has 0 aliphatic rings. The first-order valence-electron chi connectivity index (χ1n) is 5.90. The van der Waals surface area contributed by atoms with Crippen LogP contribution >= 0.6 is 0 Å². The molecule has 5 nitrogen and oxygen atoms in total. The Kier molecular flexibility index (Phi) is 3.92. The molecule has 0 saturated heterocycles. The van der Waals surface area contributed by atoms with Crippen LogP contribution in [0, 0.1) is 38.6 Å². The number of hydrogen-bond donors (Lipinski definition) is 0. The summed E-state index contributed by atoms with van der Waals surface area (Å²) >= 11 is 0. The Morgan fingerprint density at radius 3 is 2.33 bits per heavy atom. The Morgan fingerprint density at radius 1 is 1.14 bits per heavy atom. The minimum Gasteiger partial charge on any atom is -0.258 e. The fraction of sp³-hybridized carbons (Fsp3) is 0.0667. The molecule has 0 amide bonds. The Bertz CT molecular complexity index is 773. The molecule has 6 heteroatoms. The van der Waals surface area contributed by atoms with Crippen molar-refractivity contribution in [2.45, 2.75) is 5.92 Å². The standard InChI is InChI=1S/C15H8FN3O2/c16-12-3-1-10(2-4-12)15(9-18)14-6-5-13(19(20)21)7-11(14)8-17/h1-7,15H. The first-order chi connectivity index (χ1) is 10.1. The van der Waals surface area contributed by atoms with Gasteiger partial charge in [0.15, 0.2) is 0 Å². The summed E-state index contributed by atoms with van der Waals surface area (Å²) in [5, 5.41) is 29.1. The summed E-state index contributed by atoms with van der Waals surface area (Å²) in [6.07, 6.45) is 0. The second kappa shape index (κ2) is 5.81. The summed E-state index contributed by atoms with van der Waals surface area (Å²) in [5.74, 6) is -1.22. The predicted octanol–water partition coefficient (Wildman–Crippen LogP) is 3.26. The van der Waals surface area contributed by atoms with Crippen LogP contribution in [0.4, 0.5) is 10.1 Å². The molecule has 1 unspecified atom stereocenters. The summed E-state index contributed by atoms with van der Waals surface area (Å²) in [7, 11) is 0. The van der Waals surface area contributed by atoms with Crippen LogP contribution in [-0.4, -0.2) is 4.92 Å². The zero-order valence-electron chi connectivity index (χ0n) is 10.7. The Morgan fingerprint density at radius 2 is 1.81 bits per heavy atom. The summed E-state index contributed by atoms with van der Waals surface area (Å²) in [6, 6.07) is 13.0. The van der Waals surface area contributed by atoms with Crippen molar-refractivity contribution >= 4 is 5.69 Å². The molecule has 2 rings (SSSR count). The van der Waals surface area contributed by atoms with Crippen molar-refractivity contribution in [2.75, 3.05) is 0 Å². The van der Waals surface area contributed by atoms with E-state index >= 15 is 0 Å². The number of non-ortho nitro benzene ring substituents is 1. The van der Waals surface area contributed by atoms with Gasteiger partial charge in [0.25, 0.3) is 5.69 Å². The van der Waals surface area contributed by atoms with Crippen LogP contribution in [0.25, 0.3) is 0 Å². The topological polar surface area (TPSA) is 90.7 Å². The number of halogens is 1. The molecule has 0 radical (unpaired) electrons. The van der Waals surface area contributed by atoms with E-state index in [0.717, 1.165) is 6.07 Å². The smallest absolute Gasteiger partial charge is 0.258 e.